The average molecular weight is 380 g/mol. The minimum absolute atomic E-state index is 0.0914. The zero-order chi connectivity index (χ0) is 19.7. The van der Waals surface area contributed by atoms with E-state index in [1.54, 1.807) is 18.2 Å². The molecule has 146 valence electrons. The maximum Gasteiger partial charge on any atom is 0.228 e. The van der Waals surface area contributed by atoms with Crippen LogP contribution in [0.15, 0.2) is 36.4 Å². The summed E-state index contributed by atoms with van der Waals surface area (Å²) >= 11 is 0. The van der Waals surface area contributed by atoms with Gasteiger partial charge in [-0.25, -0.2) is 0 Å². The summed E-state index contributed by atoms with van der Waals surface area (Å²) in [4.78, 5) is 25.2. The number of hydrogen-bond donors (Lipinski definition) is 2. The molecule has 0 spiro atoms. The molecule has 2 amide bonds. The van der Waals surface area contributed by atoms with Crippen LogP contribution in [-0.4, -0.2) is 25.0 Å². The zero-order valence-corrected chi connectivity index (χ0v) is 16.1. The molecule has 4 rings (SSSR count). The van der Waals surface area contributed by atoms with Gasteiger partial charge in [-0.05, 0) is 43.0 Å². The van der Waals surface area contributed by atoms with Crippen molar-refractivity contribution in [2.24, 2.45) is 11.8 Å². The van der Waals surface area contributed by atoms with E-state index >= 15 is 0 Å². The van der Waals surface area contributed by atoms with Crippen LogP contribution >= 0.6 is 0 Å². The standard InChI is InChI=1S/C22H24N2O4/c1-3-14-6-4-5-13(2)20(14)24-22(26)17-12-16(17)21(25)23-15-7-8-18-19(11-15)28-10-9-27-18/h4-8,11,16-17H,3,9-10,12H2,1-2H3,(H,23,25)(H,24,26). The Hall–Kier alpha value is -3.02. The maximum atomic E-state index is 12.6. The maximum absolute atomic E-state index is 12.6. The normalized spacial score (nSPS) is 19.6. The topological polar surface area (TPSA) is 76.7 Å². The molecule has 1 aliphatic heterocycles. The van der Waals surface area contributed by atoms with Crippen molar-refractivity contribution in [1.29, 1.82) is 0 Å². The minimum atomic E-state index is -0.303. The number of carbonyl (C=O) groups excluding carboxylic acids is 2. The molecule has 2 atom stereocenters. The van der Waals surface area contributed by atoms with Crippen LogP contribution in [0.5, 0.6) is 11.5 Å². The fourth-order valence-corrected chi connectivity index (χ4v) is 3.55. The third-order valence-corrected chi connectivity index (χ3v) is 5.26. The minimum Gasteiger partial charge on any atom is -0.486 e. The number of benzene rings is 2. The Bertz CT molecular complexity index is 925. The van der Waals surface area contributed by atoms with Gasteiger partial charge >= 0.3 is 0 Å². The van der Waals surface area contributed by atoms with Gasteiger partial charge in [0, 0.05) is 17.4 Å². The molecule has 1 fully saturated rings. The second-order valence-electron chi connectivity index (χ2n) is 7.25. The van der Waals surface area contributed by atoms with Gasteiger partial charge in [0.15, 0.2) is 11.5 Å². The van der Waals surface area contributed by atoms with Crippen molar-refractivity contribution in [3.05, 3.63) is 47.5 Å². The highest BCUT2D eigenvalue weighted by atomic mass is 16.6. The van der Waals surface area contributed by atoms with E-state index in [0.29, 0.717) is 36.8 Å². The molecular formula is C22H24N2O4. The Morgan fingerprint density at radius 1 is 1.00 bits per heavy atom. The van der Waals surface area contributed by atoms with E-state index in [4.69, 9.17) is 9.47 Å². The van der Waals surface area contributed by atoms with Crippen LogP contribution in [-0.2, 0) is 16.0 Å². The third-order valence-electron chi connectivity index (χ3n) is 5.26. The van der Waals surface area contributed by atoms with E-state index in [1.165, 1.54) is 0 Å². The molecule has 6 nitrogen and oxygen atoms in total. The van der Waals surface area contributed by atoms with Crippen molar-refractivity contribution >= 4 is 23.2 Å². The molecular weight excluding hydrogens is 356 g/mol. The molecule has 1 heterocycles. The number of aryl methyl sites for hydroxylation is 2. The first-order valence-corrected chi connectivity index (χ1v) is 9.66. The first kappa shape index (κ1) is 18.3. The number of amides is 2. The van der Waals surface area contributed by atoms with E-state index in [9.17, 15) is 9.59 Å². The van der Waals surface area contributed by atoms with Gasteiger partial charge in [-0.1, -0.05) is 25.1 Å². The number of fused-ring (bicyclic) bond motifs is 1. The van der Waals surface area contributed by atoms with Gasteiger partial charge in [-0.3, -0.25) is 9.59 Å². The Morgan fingerprint density at radius 3 is 2.46 bits per heavy atom. The van der Waals surface area contributed by atoms with Crippen molar-refractivity contribution in [2.45, 2.75) is 26.7 Å². The molecule has 0 bridgehead atoms. The number of ether oxygens (including phenoxy) is 2. The van der Waals surface area contributed by atoms with E-state index in [2.05, 4.69) is 17.6 Å². The molecule has 0 saturated heterocycles. The lowest BCUT2D eigenvalue weighted by molar-refractivity contribution is -0.122. The van der Waals surface area contributed by atoms with Crippen LogP contribution < -0.4 is 20.1 Å². The highest BCUT2D eigenvalue weighted by Crippen LogP contribution is 2.41. The average Bonchev–Trinajstić information content (AvgIpc) is 3.50. The highest BCUT2D eigenvalue weighted by Gasteiger charge is 2.48. The zero-order valence-electron chi connectivity index (χ0n) is 16.1. The number of rotatable bonds is 5. The quantitative estimate of drug-likeness (QED) is 0.832. The Morgan fingerprint density at radius 2 is 1.71 bits per heavy atom. The van der Waals surface area contributed by atoms with Crippen molar-refractivity contribution in [3.8, 4) is 11.5 Å². The molecule has 1 saturated carbocycles. The van der Waals surface area contributed by atoms with Crippen molar-refractivity contribution in [3.63, 3.8) is 0 Å². The second kappa shape index (κ2) is 7.54. The summed E-state index contributed by atoms with van der Waals surface area (Å²) in [5.74, 6) is 0.478. The van der Waals surface area contributed by atoms with Crippen LogP contribution in [0.1, 0.15) is 24.5 Å². The molecule has 2 aromatic rings. The number of carbonyl (C=O) groups is 2. The summed E-state index contributed by atoms with van der Waals surface area (Å²) in [6.07, 6.45) is 1.41. The predicted molar refractivity (Wildman–Crippen MR) is 107 cm³/mol. The second-order valence-corrected chi connectivity index (χ2v) is 7.25. The van der Waals surface area contributed by atoms with Crippen LogP contribution in [0, 0.1) is 18.8 Å². The fraction of sp³-hybridized carbons (Fsp3) is 0.364. The third kappa shape index (κ3) is 3.67. The largest absolute Gasteiger partial charge is 0.486 e. The lowest BCUT2D eigenvalue weighted by Crippen LogP contribution is -2.21. The molecule has 6 heteroatoms. The summed E-state index contributed by atoms with van der Waals surface area (Å²) in [6, 6.07) is 11.3. The molecule has 2 aromatic carbocycles. The summed E-state index contributed by atoms with van der Waals surface area (Å²) in [5, 5.41) is 5.91. The van der Waals surface area contributed by atoms with Gasteiger partial charge < -0.3 is 20.1 Å². The van der Waals surface area contributed by atoms with Crippen LogP contribution in [0.4, 0.5) is 11.4 Å². The van der Waals surface area contributed by atoms with Crippen LogP contribution in [0.3, 0.4) is 0 Å². The van der Waals surface area contributed by atoms with Crippen molar-refractivity contribution in [1.82, 2.24) is 0 Å². The van der Waals surface area contributed by atoms with Crippen LogP contribution in [0.25, 0.3) is 0 Å². The molecule has 2 unspecified atom stereocenters. The van der Waals surface area contributed by atoms with E-state index in [1.807, 2.05) is 25.1 Å². The van der Waals surface area contributed by atoms with E-state index in [-0.39, 0.29) is 23.7 Å². The molecule has 0 radical (unpaired) electrons. The van der Waals surface area contributed by atoms with Gasteiger partial charge in [-0.15, -0.1) is 0 Å². The highest BCUT2D eigenvalue weighted by molar-refractivity contribution is 6.03. The smallest absolute Gasteiger partial charge is 0.228 e. The van der Waals surface area contributed by atoms with Crippen molar-refractivity contribution < 1.29 is 19.1 Å². The Kier molecular flexibility index (Phi) is 4.94. The molecule has 2 N–H and O–H groups in total. The lowest BCUT2D eigenvalue weighted by atomic mass is 10.1. The summed E-state index contributed by atoms with van der Waals surface area (Å²) < 4.78 is 11.0. The molecule has 28 heavy (non-hydrogen) atoms. The number of nitrogens with one attached hydrogen (secondary N) is 2. The Balaban J connectivity index is 1.37. The number of hydrogen-bond acceptors (Lipinski definition) is 4. The monoisotopic (exact) mass is 380 g/mol. The first-order valence-electron chi connectivity index (χ1n) is 9.66. The van der Waals surface area contributed by atoms with E-state index in [0.717, 1.165) is 23.2 Å². The molecule has 1 aliphatic carbocycles. The van der Waals surface area contributed by atoms with Gasteiger partial charge in [0.1, 0.15) is 13.2 Å². The molecule has 0 aromatic heterocycles. The predicted octanol–water partition coefficient (Wildman–Crippen LogP) is 3.54. The summed E-state index contributed by atoms with van der Waals surface area (Å²) in [5.41, 5.74) is 3.65. The lowest BCUT2D eigenvalue weighted by Gasteiger charge is -2.19. The van der Waals surface area contributed by atoms with Gasteiger partial charge in [0.2, 0.25) is 11.8 Å². The Labute approximate surface area is 164 Å². The summed E-state index contributed by atoms with van der Waals surface area (Å²) in [7, 11) is 0. The SMILES string of the molecule is CCc1cccc(C)c1NC(=O)C1CC1C(=O)Nc1ccc2c(c1)OCCO2. The molecule has 2 aliphatic rings. The number of para-hydroxylation sites is 1. The number of anilines is 2. The fourth-order valence-electron chi connectivity index (χ4n) is 3.55. The van der Waals surface area contributed by atoms with Crippen LogP contribution in [0.2, 0.25) is 0 Å². The summed E-state index contributed by atoms with van der Waals surface area (Å²) in [6.45, 7) is 5.06. The first-order chi connectivity index (χ1) is 13.6. The van der Waals surface area contributed by atoms with Gasteiger partial charge in [-0.2, -0.15) is 0 Å². The van der Waals surface area contributed by atoms with E-state index < -0.39 is 0 Å². The van der Waals surface area contributed by atoms with Gasteiger partial charge in [0.05, 0.1) is 11.8 Å². The van der Waals surface area contributed by atoms with Gasteiger partial charge in [0.25, 0.3) is 0 Å². The van der Waals surface area contributed by atoms with Crippen molar-refractivity contribution in [2.75, 3.05) is 23.8 Å².